The van der Waals surface area contributed by atoms with E-state index in [2.05, 4.69) is 4.72 Å². The van der Waals surface area contributed by atoms with Gasteiger partial charge in [0.05, 0.1) is 11.5 Å². The summed E-state index contributed by atoms with van der Waals surface area (Å²) < 4.78 is 31.5. The predicted molar refractivity (Wildman–Crippen MR) is 78.6 cm³/mol. The Balaban J connectivity index is 2.89. The number of hydrogen-bond acceptors (Lipinski definition) is 4. The molecule has 0 saturated carbocycles. The Morgan fingerprint density at radius 3 is 2.29 bits per heavy atom. The zero-order valence-corrected chi connectivity index (χ0v) is 13.2. The Hall–Kier alpha value is -1.44. The van der Waals surface area contributed by atoms with Gasteiger partial charge in [0.1, 0.15) is 6.04 Å². The minimum atomic E-state index is -3.85. The van der Waals surface area contributed by atoms with Crippen molar-refractivity contribution in [3.8, 4) is 0 Å². The monoisotopic (exact) mass is 315 g/mol. The highest BCUT2D eigenvalue weighted by Crippen LogP contribution is 2.13. The van der Waals surface area contributed by atoms with Crippen LogP contribution >= 0.6 is 0 Å². The second kappa shape index (κ2) is 7.53. The van der Waals surface area contributed by atoms with Crippen molar-refractivity contribution in [1.82, 2.24) is 4.72 Å². The normalized spacial score (nSPS) is 13.3. The van der Waals surface area contributed by atoms with Gasteiger partial charge in [-0.3, -0.25) is 4.79 Å². The minimum absolute atomic E-state index is 0.0515. The maximum Gasteiger partial charge on any atom is 0.322 e. The van der Waals surface area contributed by atoms with Crippen LogP contribution < -0.4 is 4.72 Å². The molecule has 21 heavy (non-hydrogen) atoms. The first-order chi connectivity index (χ1) is 9.77. The number of benzene rings is 1. The van der Waals surface area contributed by atoms with Crippen molar-refractivity contribution < 1.29 is 23.1 Å². The fourth-order valence-electron chi connectivity index (χ4n) is 1.76. The van der Waals surface area contributed by atoms with E-state index < -0.39 is 22.0 Å². The van der Waals surface area contributed by atoms with Gasteiger partial charge in [-0.05, 0) is 30.0 Å². The van der Waals surface area contributed by atoms with Crippen LogP contribution in [0.5, 0.6) is 0 Å². The average molecular weight is 315 g/mol. The van der Waals surface area contributed by atoms with Crippen LogP contribution in [0, 0.1) is 5.92 Å². The van der Waals surface area contributed by atoms with Gasteiger partial charge >= 0.3 is 5.97 Å². The number of rotatable bonds is 8. The zero-order valence-electron chi connectivity index (χ0n) is 12.4. The Kier molecular flexibility index (Phi) is 6.32. The molecule has 0 spiro atoms. The molecule has 0 radical (unpaired) electrons. The van der Waals surface area contributed by atoms with Gasteiger partial charge in [-0.1, -0.05) is 26.0 Å². The molecule has 1 aromatic carbocycles. The third-order valence-corrected chi connectivity index (χ3v) is 4.50. The van der Waals surface area contributed by atoms with Crippen molar-refractivity contribution in [2.75, 3.05) is 13.7 Å². The van der Waals surface area contributed by atoms with Crippen molar-refractivity contribution in [1.29, 1.82) is 0 Å². The van der Waals surface area contributed by atoms with Crippen LogP contribution in [0.3, 0.4) is 0 Å². The molecule has 0 bridgehead atoms. The highest BCUT2D eigenvalue weighted by atomic mass is 32.2. The maximum atomic E-state index is 12.2. The van der Waals surface area contributed by atoms with Crippen LogP contribution in [-0.4, -0.2) is 39.3 Å². The Morgan fingerprint density at radius 2 is 1.86 bits per heavy atom. The number of sulfonamides is 1. The van der Waals surface area contributed by atoms with Crippen molar-refractivity contribution in [3.63, 3.8) is 0 Å². The molecule has 0 aliphatic carbocycles. The Labute approximate surface area is 125 Å². The Morgan fingerprint density at radius 1 is 1.29 bits per heavy atom. The second-order valence-corrected chi connectivity index (χ2v) is 6.78. The summed E-state index contributed by atoms with van der Waals surface area (Å²) in [5.41, 5.74) is 0.953. The number of carboxylic acids is 1. The molecule has 0 unspecified atom stereocenters. The molecule has 7 heteroatoms. The van der Waals surface area contributed by atoms with E-state index in [1.54, 1.807) is 33.1 Å². The van der Waals surface area contributed by atoms with Gasteiger partial charge in [-0.15, -0.1) is 0 Å². The van der Waals surface area contributed by atoms with Crippen LogP contribution in [0.1, 0.15) is 19.4 Å². The van der Waals surface area contributed by atoms with E-state index >= 15 is 0 Å². The lowest BCUT2D eigenvalue weighted by atomic mass is 10.1. The number of ether oxygens (including phenoxy) is 1. The van der Waals surface area contributed by atoms with Gasteiger partial charge in [0.15, 0.2) is 0 Å². The summed E-state index contributed by atoms with van der Waals surface area (Å²) in [7, 11) is -2.25. The highest BCUT2D eigenvalue weighted by Gasteiger charge is 2.27. The van der Waals surface area contributed by atoms with Crippen molar-refractivity contribution in [2.24, 2.45) is 5.92 Å². The Bertz CT molecular complexity index is 566. The van der Waals surface area contributed by atoms with E-state index in [4.69, 9.17) is 9.84 Å². The van der Waals surface area contributed by atoms with Crippen LogP contribution in [-0.2, 0) is 26.0 Å². The first kappa shape index (κ1) is 17.6. The lowest BCUT2D eigenvalue weighted by Crippen LogP contribution is -2.44. The number of nitrogens with one attached hydrogen (secondary N) is 1. The number of hydrogen-bond donors (Lipinski definition) is 2. The van der Waals surface area contributed by atoms with Crippen LogP contribution in [0.15, 0.2) is 29.2 Å². The van der Waals surface area contributed by atoms with Crippen molar-refractivity contribution >= 4 is 16.0 Å². The maximum absolute atomic E-state index is 12.2. The molecular weight excluding hydrogens is 294 g/mol. The highest BCUT2D eigenvalue weighted by molar-refractivity contribution is 7.89. The fraction of sp³-hybridized carbons (Fsp3) is 0.500. The van der Waals surface area contributed by atoms with Gasteiger partial charge < -0.3 is 9.84 Å². The summed E-state index contributed by atoms with van der Waals surface area (Å²) in [5.74, 6) is -1.54. The second-order valence-electron chi connectivity index (χ2n) is 5.07. The van der Waals surface area contributed by atoms with E-state index in [0.29, 0.717) is 13.0 Å². The molecule has 118 valence electrons. The summed E-state index contributed by atoms with van der Waals surface area (Å²) in [6, 6.07) is 5.17. The number of carbonyl (C=O) groups is 1. The molecule has 1 aromatic rings. The molecule has 6 nitrogen and oxygen atoms in total. The molecule has 1 atom stereocenters. The van der Waals surface area contributed by atoms with E-state index in [9.17, 15) is 13.2 Å². The van der Waals surface area contributed by atoms with Crippen LogP contribution in [0.2, 0.25) is 0 Å². The summed E-state index contributed by atoms with van der Waals surface area (Å²) in [5, 5.41) is 9.05. The third-order valence-electron chi connectivity index (χ3n) is 3.04. The van der Waals surface area contributed by atoms with Crippen molar-refractivity contribution in [2.45, 2.75) is 31.2 Å². The van der Waals surface area contributed by atoms with Gasteiger partial charge in [-0.25, -0.2) is 8.42 Å². The largest absolute Gasteiger partial charge is 0.480 e. The molecule has 0 heterocycles. The minimum Gasteiger partial charge on any atom is -0.480 e. The number of methoxy groups -OCH3 is 1. The molecule has 2 N–H and O–H groups in total. The fourth-order valence-corrected chi connectivity index (χ4v) is 3.10. The first-order valence-electron chi connectivity index (χ1n) is 6.61. The molecule has 1 rings (SSSR count). The lowest BCUT2D eigenvalue weighted by molar-refractivity contribution is -0.140. The molecule has 0 fully saturated rings. The topological polar surface area (TPSA) is 92.7 Å². The van der Waals surface area contributed by atoms with Gasteiger partial charge in [-0.2, -0.15) is 4.72 Å². The van der Waals surface area contributed by atoms with Gasteiger partial charge in [0, 0.05) is 7.11 Å². The molecule has 0 saturated heterocycles. The van der Waals surface area contributed by atoms with Crippen LogP contribution in [0.25, 0.3) is 0 Å². The third kappa shape index (κ3) is 5.11. The van der Waals surface area contributed by atoms with Crippen molar-refractivity contribution in [3.05, 3.63) is 29.8 Å². The smallest absolute Gasteiger partial charge is 0.322 e. The molecule has 0 amide bonds. The standard InChI is InChI=1S/C14H21NO5S/c1-10(2)13(14(16)17)15-21(18,19)12-6-4-11(5-7-12)8-9-20-3/h4-7,10,13,15H,8-9H2,1-3H3,(H,16,17)/t13-/m0/s1. The average Bonchev–Trinajstić information content (AvgIpc) is 2.42. The lowest BCUT2D eigenvalue weighted by Gasteiger charge is -2.18. The summed E-state index contributed by atoms with van der Waals surface area (Å²) >= 11 is 0. The summed E-state index contributed by atoms with van der Waals surface area (Å²) in [4.78, 5) is 11.1. The number of aliphatic carboxylic acids is 1. The summed E-state index contributed by atoms with van der Waals surface area (Å²) in [6.07, 6.45) is 0.688. The van der Waals surface area contributed by atoms with E-state index in [-0.39, 0.29) is 10.8 Å². The number of carboxylic acid groups (broad SMARTS) is 1. The molecular formula is C14H21NO5S. The van der Waals surface area contributed by atoms with Gasteiger partial charge in [0.25, 0.3) is 0 Å². The predicted octanol–water partition coefficient (Wildman–Crippen LogP) is 1.26. The summed E-state index contributed by atoms with van der Waals surface area (Å²) in [6.45, 7) is 3.85. The molecule has 0 aromatic heterocycles. The molecule has 0 aliphatic rings. The van der Waals surface area contributed by atoms with E-state index in [1.807, 2.05) is 0 Å². The SMILES string of the molecule is COCCc1ccc(S(=O)(=O)N[C@H](C(=O)O)C(C)C)cc1. The first-order valence-corrected chi connectivity index (χ1v) is 8.09. The van der Waals surface area contributed by atoms with E-state index in [0.717, 1.165) is 5.56 Å². The van der Waals surface area contributed by atoms with Crippen LogP contribution in [0.4, 0.5) is 0 Å². The quantitative estimate of drug-likeness (QED) is 0.753. The van der Waals surface area contributed by atoms with Gasteiger partial charge in [0.2, 0.25) is 10.0 Å². The zero-order chi connectivity index (χ0) is 16.0. The molecule has 0 aliphatic heterocycles. The van der Waals surface area contributed by atoms with E-state index in [1.165, 1.54) is 12.1 Å².